The van der Waals surface area contributed by atoms with Gasteiger partial charge in [-0.15, -0.1) is 0 Å². The lowest BCUT2D eigenvalue weighted by molar-refractivity contribution is -0.00277. The zero-order chi connectivity index (χ0) is 25.7. The SMILES string of the molecule is Cc1ccc(NS(=O)(=O)c2cc(C(=O)Nc3ccc(C4C5CC6CC(C5)CC4C6)cc3)ccc2Cl)cc1. The summed E-state index contributed by atoms with van der Waals surface area (Å²) in [6.07, 6.45) is 6.93. The zero-order valence-electron chi connectivity index (χ0n) is 20.8. The molecule has 4 fully saturated rings. The molecule has 1 amide bonds. The van der Waals surface area contributed by atoms with Gasteiger partial charge in [-0.05, 0) is 117 Å². The summed E-state index contributed by atoms with van der Waals surface area (Å²) in [7, 11) is -3.97. The van der Waals surface area contributed by atoms with E-state index < -0.39 is 10.0 Å². The molecule has 0 aromatic heterocycles. The molecule has 0 radical (unpaired) electrons. The standard InChI is InChI=1S/C30H31ClN2O3S/c1-18-2-7-26(8-3-18)33-37(35,36)28-17-22(6-11-27(28)31)30(34)32-25-9-4-21(5-10-25)29-23-13-19-12-20(15-23)16-24(29)14-19/h2-11,17,19-20,23-24,29,33H,12-16H2,1H3,(H,32,34). The minimum atomic E-state index is -3.97. The molecule has 0 unspecified atom stereocenters. The van der Waals surface area contributed by atoms with Crippen molar-refractivity contribution < 1.29 is 13.2 Å². The van der Waals surface area contributed by atoms with Gasteiger partial charge in [0.2, 0.25) is 0 Å². The molecule has 0 aliphatic heterocycles. The molecule has 7 rings (SSSR count). The first kappa shape index (κ1) is 24.5. The second-order valence-corrected chi connectivity index (χ2v) is 13.2. The van der Waals surface area contributed by atoms with Crippen LogP contribution in [0.2, 0.25) is 5.02 Å². The summed E-state index contributed by atoms with van der Waals surface area (Å²) in [6.45, 7) is 1.92. The molecule has 0 heterocycles. The van der Waals surface area contributed by atoms with Gasteiger partial charge < -0.3 is 5.32 Å². The van der Waals surface area contributed by atoms with Crippen molar-refractivity contribution in [1.82, 2.24) is 0 Å². The van der Waals surface area contributed by atoms with Crippen LogP contribution in [0.4, 0.5) is 11.4 Å². The van der Waals surface area contributed by atoms with E-state index in [0.29, 0.717) is 17.3 Å². The third-order valence-corrected chi connectivity index (χ3v) is 10.4. The number of carbonyl (C=O) groups excluding carboxylic acids is 1. The van der Waals surface area contributed by atoms with Crippen LogP contribution in [0.3, 0.4) is 0 Å². The summed E-state index contributed by atoms with van der Waals surface area (Å²) in [5.41, 5.74) is 3.74. The van der Waals surface area contributed by atoms with Gasteiger partial charge in [0.15, 0.2) is 0 Å². The van der Waals surface area contributed by atoms with E-state index in [2.05, 4.69) is 22.2 Å². The maximum Gasteiger partial charge on any atom is 0.263 e. The maximum atomic E-state index is 13.0. The first-order valence-corrected chi connectivity index (χ1v) is 14.9. The first-order valence-electron chi connectivity index (χ1n) is 13.1. The van der Waals surface area contributed by atoms with Crippen molar-refractivity contribution in [3.05, 3.63) is 88.4 Å². The molecule has 4 saturated carbocycles. The molecule has 3 aromatic carbocycles. The van der Waals surface area contributed by atoms with Gasteiger partial charge in [0.05, 0.1) is 5.02 Å². The molecule has 37 heavy (non-hydrogen) atoms. The van der Waals surface area contributed by atoms with E-state index in [1.807, 2.05) is 31.2 Å². The molecule has 3 aromatic rings. The highest BCUT2D eigenvalue weighted by atomic mass is 35.5. The lowest BCUT2D eigenvalue weighted by Crippen LogP contribution is -2.43. The molecule has 4 aliphatic rings. The Kier molecular flexibility index (Phi) is 6.28. The summed E-state index contributed by atoms with van der Waals surface area (Å²) in [6, 6.07) is 19.5. The van der Waals surface area contributed by atoms with E-state index in [1.54, 1.807) is 12.1 Å². The maximum absolute atomic E-state index is 13.0. The molecule has 7 heteroatoms. The van der Waals surface area contributed by atoms with Crippen LogP contribution in [0.15, 0.2) is 71.6 Å². The van der Waals surface area contributed by atoms with Crippen molar-refractivity contribution in [2.75, 3.05) is 10.0 Å². The van der Waals surface area contributed by atoms with Crippen LogP contribution in [0.5, 0.6) is 0 Å². The molecule has 4 bridgehead atoms. The lowest BCUT2D eigenvalue weighted by atomic mass is 9.51. The predicted octanol–water partition coefficient (Wildman–Crippen LogP) is 7.24. The van der Waals surface area contributed by atoms with E-state index in [4.69, 9.17) is 11.6 Å². The number of amides is 1. The summed E-state index contributed by atoms with van der Waals surface area (Å²) in [5, 5.41) is 2.96. The number of nitrogens with one attached hydrogen (secondary N) is 2. The summed E-state index contributed by atoms with van der Waals surface area (Å²) in [5.74, 6) is 3.75. The smallest absolute Gasteiger partial charge is 0.263 e. The van der Waals surface area contributed by atoms with Gasteiger partial charge in [0.25, 0.3) is 15.9 Å². The number of benzene rings is 3. The third kappa shape index (κ3) is 4.89. The van der Waals surface area contributed by atoms with Crippen LogP contribution >= 0.6 is 11.6 Å². The number of anilines is 2. The van der Waals surface area contributed by atoms with Crippen molar-refractivity contribution in [3.8, 4) is 0 Å². The van der Waals surface area contributed by atoms with Crippen LogP contribution in [-0.2, 0) is 10.0 Å². The molecule has 4 aliphatic carbocycles. The van der Waals surface area contributed by atoms with Crippen molar-refractivity contribution in [2.24, 2.45) is 23.7 Å². The van der Waals surface area contributed by atoms with Crippen LogP contribution in [0.25, 0.3) is 0 Å². The van der Waals surface area contributed by atoms with E-state index in [-0.39, 0.29) is 21.4 Å². The first-order chi connectivity index (χ1) is 17.7. The minimum Gasteiger partial charge on any atom is -0.322 e. The van der Waals surface area contributed by atoms with Gasteiger partial charge >= 0.3 is 0 Å². The largest absolute Gasteiger partial charge is 0.322 e. The topological polar surface area (TPSA) is 75.3 Å². The highest BCUT2D eigenvalue weighted by Crippen LogP contribution is 2.59. The van der Waals surface area contributed by atoms with E-state index in [9.17, 15) is 13.2 Å². The molecular formula is C30H31ClN2O3S. The molecule has 5 nitrogen and oxygen atoms in total. The highest BCUT2D eigenvalue weighted by molar-refractivity contribution is 7.92. The highest BCUT2D eigenvalue weighted by Gasteiger charge is 2.48. The van der Waals surface area contributed by atoms with E-state index in [0.717, 1.165) is 29.2 Å². The Morgan fingerprint density at radius 3 is 2.03 bits per heavy atom. The Balaban J connectivity index is 1.17. The average Bonchev–Trinajstić information content (AvgIpc) is 2.86. The quantitative estimate of drug-likeness (QED) is 0.350. The molecule has 2 N–H and O–H groups in total. The van der Waals surface area contributed by atoms with Gasteiger partial charge in [-0.25, -0.2) is 8.42 Å². The van der Waals surface area contributed by atoms with Crippen molar-refractivity contribution in [3.63, 3.8) is 0 Å². The van der Waals surface area contributed by atoms with Crippen LogP contribution in [0, 0.1) is 30.6 Å². The zero-order valence-corrected chi connectivity index (χ0v) is 22.4. The number of aryl methyl sites for hydroxylation is 1. The minimum absolute atomic E-state index is 0.0520. The van der Waals surface area contributed by atoms with Gasteiger partial charge in [-0.3, -0.25) is 9.52 Å². The second-order valence-electron chi connectivity index (χ2n) is 11.1. The Morgan fingerprint density at radius 2 is 1.41 bits per heavy atom. The van der Waals surface area contributed by atoms with Crippen molar-refractivity contribution in [1.29, 1.82) is 0 Å². The van der Waals surface area contributed by atoms with Gasteiger partial charge in [-0.2, -0.15) is 0 Å². The molecule has 192 valence electrons. The lowest BCUT2D eigenvalue weighted by Gasteiger charge is -2.54. The number of halogens is 1. The van der Waals surface area contributed by atoms with Crippen LogP contribution < -0.4 is 10.0 Å². The predicted molar refractivity (Wildman–Crippen MR) is 148 cm³/mol. The summed E-state index contributed by atoms with van der Waals surface area (Å²) >= 11 is 6.23. The average molecular weight is 535 g/mol. The third-order valence-electron chi connectivity index (χ3n) is 8.57. The Hall–Kier alpha value is -2.83. The molecule has 0 saturated heterocycles. The fourth-order valence-electron chi connectivity index (χ4n) is 7.14. The summed E-state index contributed by atoms with van der Waals surface area (Å²) < 4.78 is 28.5. The number of rotatable bonds is 6. The number of hydrogen-bond donors (Lipinski definition) is 2. The fourth-order valence-corrected chi connectivity index (χ4v) is 8.73. The second kappa shape index (κ2) is 9.48. The molecule has 0 spiro atoms. The summed E-state index contributed by atoms with van der Waals surface area (Å²) in [4.78, 5) is 12.9. The van der Waals surface area contributed by atoms with Crippen molar-refractivity contribution >= 4 is 38.9 Å². The Morgan fingerprint density at radius 1 is 0.811 bits per heavy atom. The fraction of sp³-hybridized carbons (Fsp3) is 0.367. The van der Waals surface area contributed by atoms with Gasteiger partial charge in [0.1, 0.15) is 4.90 Å². The Labute approximate surface area is 223 Å². The normalized spacial score (nSPS) is 26.2. The monoisotopic (exact) mass is 534 g/mol. The van der Waals surface area contributed by atoms with Gasteiger partial charge in [0, 0.05) is 16.9 Å². The van der Waals surface area contributed by atoms with Gasteiger partial charge in [-0.1, -0.05) is 41.4 Å². The molecular weight excluding hydrogens is 504 g/mol. The number of carbonyl (C=O) groups is 1. The number of sulfonamides is 1. The van der Waals surface area contributed by atoms with Crippen LogP contribution in [0.1, 0.15) is 59.5 Å². The van der Waals surface area contributed by atoms with E-state index in [1.165, 1.54) is 55.9 Å². The van der Waals surface area contributed by atoms with Crippen LogP contribution in [-0.4, -0.2) is 14.3 Å². The van der Waals surface area contributed by atoms with Crippen molar-refractivity contribution in [2.45, 2.75) is 49.8 Å². The van der Waals surface area contributed by atoms with E-state index >= 15 is 0 Å². The Bertz CT molecular complexity index is 1410. The number of hydrogen-bond acceptors (Lipinski definition) is 3. The molecule has 0 atom stereocenters.